The van der Waals surface area contributed by atoms with E-state index in [1.807, 2.05) is 20.8 Å². The Kier molecular flexibility index (Phi) is 5.06. The Balaban J connectivity index is 1.66. The maximum atomic E-state index is 13.8. The van der Waals surface area contributed by atoms with E-state index in [2.05, 4.69) is 15.5 Å². The molecule has 0 bridgehead atoms. The summed E-state index contributed by atoms with van der Waals surface area (Å²) in [4.78, 5) is 14.8. The van der Waals surface area contributed by atoms with Crippen LogP contribution in [0.15, 0.2) is 12.3 Å². The lowest BCUT2D eigenvalue weighted by Gasteiger charge is -2.35. The van der Waals surface area contributed by atoms with Crippen LogP contribution in [0.4, 0.5) is 19.0 Å². The zero-order valence-electron chi connectivity index (χ0n) is 17.6. The molecule has 0 spiro atoms. The smallest absolute Gasteiger partial charge is 0.367 e. The number of anilines is 1. The highest BCUT2D eigenvalue weighted by Crippen LogP contribution is 2.42. The molecule has 10 heteroatoms. The van der Waals surface area contributed by atoms with Gasteiger partial charge < -0.3 is 10.2 Å². The maximum Gasteiger partial charge on any atom is 0.410 e. The summed E-state index contributed by atoms with van der Waals surface area (Å²) >= 11 is 0. The second-order valence-corrected chi connectivity index (χ2v) is 8.61. The molecule has 2 aliphatic rings. The van der Waals surface area contributed by atoms with Gasteiger partial charge in [0.15, 0.2) is 6.04 Å². The molecule has 2 aromatic heterocycles. The van der Waals surface area contributed by atoms with Gasteiger partial charge in [0.2, 0.25) is 0 Å². The normalized spacial score (nSPS) is 24.3. The number of carbonyl (C=O) groups excluding carboxylic acids is 1. The van der Waals surface area contributed by atoms with Crippen molar-refractivity contribution in [3.8, 4) is 0 Å². The zero-order chi connectivity index (χ0) is 21.8. The fourth-order valence-corrected chi connectivity index (χ4v) is 4.40. The van der Waals surface area contributed by atoms with Gasteiger partial charge in [-0.15, -0.1) is 0 Å². The van der Waals surface area contributed by atoms with Crippen molar-refractivity contribution in [3.63, 3.8) is 0 Å². The molecule has 1 saturated heterocycles. The van der Waals surface area contributed by atoms with Gasteiger partial charge in [-0.05, 0) is 32.1 Å². The molecule has 164 valence electrons. The van der Waals surface area contributed by atoms with E-state index in [0.29, 0.717) is 30.0 Å². The average molecular weight is 424 g/mol. The number of aromatic nitrogens is 4. The van der Waals surface area contributed by atoms with Crippen LogP contribution in [0.3, 0.4) is 0 Å². The predicted octanol–water partition coefficient (Wildman–Crippen LogP) is 3.85. The van der Waals surface area contributed by atoms with E-state index in [0.717, 1.165) is 16.8 Å². The monoisotopic (exact) mass is 424 g/mol. The number of carbonyl (C=O) groups is 1. The molecule has 2 aliphatic heterocycles. The van der Waals surface area contributed by atoms with Crippen molar-refractivity contribution in [1.29, 1.82) is 0 Å². The van der Waals surface area contributed by atoms with Crippen LogP contribution in [0, 0.1) is 12.8 Å². The highest BCUT2D eigenvalue weighted by molar-refractivity contribution is 5.95. The van der Waals surface area contributed by atoms with Crippen LogP contribution in [0.1, 0.15) is 66.9 Å². The number of hydrogen-bond acceptors (Lipinski definition) is 4. The molecule has 1 amide bonds. The minimum absolute atomic E-state index is 0.0556. The van der Waals surface area contributed by atoms with Crippen LogP contribution in [-0.2, 0) is 7.05 Å². The summed E-state index contributed by atoms with van der Waals surface area (Å²) in [5, 5.41) is 11.7. The number of likely N-dealkylation sites (tertiary alicyclic amines) is 1. The molecule has 0 saturated carbocycles. The Hall–Kier alpha value is -2.52. The summed E-state index contributed by atoms with van der Waals surface area (Å²) in [7, 11) is 1.77. The van der Waals surface area contributed by atoms with Gasteiger partial charge in [-0.2, -0.15) is 23.4 Å². The van der Waals surface area contributed by atoms with Crippen molar-refractivity contribution in [3.05, 3.63) is 29.2 Å². The summed E-state index contributed by atoms with van der Waals surface area (Å²) in [6.45, 7) is 6.19. The van der Waals surface area contributed by atoms with Crippen molar-refractivity contribution in [2.75, 3.05) is 11.9 Å². The first-order valence-corrected chi connectivity index (χ1v) is 10.3. The van der Waals surface area contributed by atoms with Gasteiger partial charge in [0.1, 0.15) is 5.82 Å². The van der Waals surface area contributed by atoms with Crippen LogP contribution in [0.25, 0.3) is 0 Å². The van der Waals surface area contributed by atoms with Gasteiger partial charge in [-0.1, -0.05) is 13.8 Å². The van der Waals surface area contributed by atoms with E-state index in [1.165, 1.54) is 0 Å². The van der Waals surface area contributed by atoms with Gasteiger partial charge in [0, 0.05) is 31.4 Å². The van der Waals surface area contributed by atoms with Gasteiger partial charge in [0.05, 0.1) is 23.5 Å². The van der Waals surface area contributed by atoms with Crippen molar-refractivity contribution < 1.29 is 18.0 Å². The van der Waals surface area contributed by atoms with Gasteiger partial charge in [0.25, 0.3) is 5.91 Å². The van der Waals surface area contributed by atoms with E-state index in [9.17, 15) is 18.0 Å². The van der Waals surface area contributed by atoms with E-state index in [-0.39, 0.29) is 30.3 Å². The average Bonchev–Trinajstić information content (AvgIpc) is 3.38. The lowest BCUT2D eigenvalue weighted by molar-refractivity contribution is -0.174. The number of rotatable bonds is 3. The fourth-order valence-electron chi connectivity index (χ4n) is 4.40. The number of nitrogens with one attached hydrogen (secondary N) is 1. The number of nitrogens with zero attached hydrogens (tertiary/aromatic N) is 5. The van der Waals surface area contributed by atoms with Gasteiger partial charge >= 0.3 is 6.18 Å². The summed E-state index contributed by atoms with van der Waals surface area (Å²) in [6, 6.07) is -0.614. The van der Waals surface area contributed by atoms with Gasteiger partial charge in [-0.3, -0.25) is 9.48 Å². The lowest BCUT2D eigenvalue weighted by Crippen LogP contribution is -2.41. The first-order valence-electron chi connectivity index (χ1n) is 10.3. The summed E-state index contributed by atoms with van der Waals surface area (Å²) in [6.07, 6.45) is -1.45. The Morgan fingerprint density at radius 3 is 2.67 bits per heavy atom. The van der Waals surface area contributed by atoms with Crippen LogP contribution in [-0.4, -0.2) is 49.1 Å². The van der Waals surface area contributed by atoms with Crippen LogP contribution in [0.5, 0.6) is 0 Å². The van der Waals surface area contributed by atoms with Crippen LogP contribution in [0.2, 0.25) is 0 Å². The standard InChI is InChI=1S/C20H27F3N6O/c1-11(2)14-8-17(20(21,22)23)29-18(25-14)9-15(26-29)16-6-5-7-28(16)19(30)13-10-24-27(4)12(13)3/h9-11,14,16-17,25H,5-8H2,1-4H3/t14-,16?,17+/m0/s1. The molecule has 4 heterocycles. The van der Waals surface area contributed by atoms with Crippen molar-refractivity contribution in [1.82, 2.24) is 24.5 Å². The maximum absolute atomic E-state index is 13.8. The zero-order valence-corrected chi connectivity index (χ0v) is 17.6. The van der Waals surface area contributed by atoms with Crippen LogP contribution >= 0.6 is 0 Å². The summed E-state index contributed by atoms with van der Waals surface area (Å²) < 4.78 is 44.0. The molecule has 30 heavy (non-hydrogen) atoms. The highest BCUT2D eigenvalue weighted by Gasteiger charge is 2.47. The Morgan fingerprint density at radius 2 is 2.07 bits per heavy atom. The molecule has 0 radical (unpaired) electrons. The Morgan fingerprint density at radius 1 is 1.33 bits per heavy atom. The molecule has 1 unspecified atom stereocenters. The number of amides is 1. The summed E-state index contributed by atoms with van der Waals surface area (Å²) in [5.74, 6) is 0.267. The van der Waals surface area contributed by atoms with Crippen molar-refractivity contribution in [2.45, 2.75) is 64.3 Å². The molecule has 3 atom stereocenters. The van der Waals surface area contributed by atoms with Crippen LogP contribution < -0.4 is 5.32 Å². The van der Waals surface area contributed by atoms with E-state index >= 15 is 0 Å². The third-order valence-corrected chi connectivity index (χ3v) is 6.36. The van der Waals surface area contributed by atoms with Crippen molar-refractivity contribution >= 4 is 11.7 Å². The molecule has 7 nitrogen and oxygen atoms in total. The molecule has 1 fully saturated rings. The predicted molar refractivity (Wildman–Crippen MR) is 105 cm³/mol. The molecule has 0 aromatic carbocycles. The Bertz CT molecular complexity index is 947. The lowest BCUT2D eigenvalue weighted by atomic mass is 9.94. The number of aryl methyl sites for hydroxylation is 1. The number of alkyl halides is 3. The van der Waals surface area contributed by atoms with E-state index < -0.39 is 12.2 Å². The summed E-state index contributed by atoms with van der Waals surface area (Å²) in [5.41, 5.74) is 1.77. The third-order valence-electron chi connectivity index (χ3n) is 6.36. The fraction of sp³-hybridized carbons (Fsp3) is 0.650. The second kappa shape index (κ2) is 7.31. The SMILES string of the molecule is Cc1c(C(=O)N2CCCC2c2cc3n(n2)[C@@H](C(F)(F)F)C[C@@H](C(C)C)N3)cnn1C. The molecule has 4 rings (SSSR count). The first kappa shape index (κ1) is 20.7. The number of hydrogen-bond donors (Lipinski definition) is 1. The number of fused-ring (bicyclic) bond motifs is 1. The molecule has 1 N–H and O–H groups in total. The minimum atomic E-state index is -4.38. The second-order valence-electron chi connectivity index (χ2n) is 8.61. The van der Waals surface area contributed by atoms with E-state index in [1.54, 1.807) is 28.9 Å². The Labute approximate surface area is 173 Å². The number of halogens is 3. The minimum Gasteiger partial charge on any atom is -0.367 e. The molecular weight excluding hydrogens is 397 g/mol. The van der Waals surface area contributed by atoms with Gasteiger partial charge in [-0.25, -0.2) is 4.68 Å². The van der Waals surface area contributed by atoms with Crippen molar-refractivity contribution in [2.24, 2.45) is 13.0 Å². The molecule has 2 aromatic rings. The third kappa shape index (κ3) is 3.45. The largest absolute Gasteiger partial charge is 0.410 e. The molecule has 0 aliphatic carbocycles. The van der Waals surface area contributed by atoms with E-state index in [4.69, 9.17) is 0 Å². The topological polar surface area (TPSA) is 68.0 Å². The first-order chi connectivity index (χ1) is 14.1. The highest BCUT2D eigenvalue weighted by atomic mass is 19.4. The molecular formula is C20H27F3N6O. The quantitative estimate of drug-likeness (QED) is 0.813.